The summed E-state index contributed by atoms with van der Waals surface area (Å²) in [4.78, 5) is 10.1. The highest BCUT2D eigenvalue weighted by molar-refractivity contribution is 4.88. The maximum absolute atomic E-state index is 2.64. The minimum absolute atomic E-state index is 0.676. The van der Waals surface area contributed by atoms with E-state index < -0.39 is 0 Å². The summed E-state index contributed by atoms with van der Waals surface area (Å²) in [7, 11) is 2.15. The number of unbranched alkanes of at least 4 members (excludes halogenated alkanes) is 1. The van der Waals surface area contributed by atoms with Gasteiger partial charge in [0.1, 0.15) is 0 Å². The molecule has 0 radical (unpaired) electrons. The van der Waals surface area contributed by atoms with Crippen LogP contribution in [0.3, 0.4) is 0 Å². The summed E-state index contributed by atoms with van der Waals surface area (Å²) in [6.07, 6.45) is 9.78. The van der Waals surface area contributed by atoms with Gasteiger partial charge in [-0.1, -0.05) is 19.8 Å². The third kappa shape index (κ3) is 18.4. The van der Waals surface area contributed by atoms with E-state index in [2.05, 4.69) is 144 Å². The summed E-state index contributed by atoms with van der Waals surface area (Å²) in [5.41, 5.74) is 0. The summed E-state index contributed by atoms with van der Waals surface area (Å²) in [5, 5.41) is 0. The lowest BCUT2D eigenvalue weighted by molar-refractivity contribution is 0.0631. The van der Waals surface area contributed by atoms with Gasteiger partial charge in [0.15, 0.2) is 0 Å². The van der Waals surface area contributed by atoms with Crippen LogP contribution in [0.5, 0.6) is 0 Å². The summed E-state index contributed by atoms with van der Waals surface area (Å²) in [6, 6.07) is 7.46. The second kappa shape index (κ2) is 22.4. The fourth-order valence-corrected chi connectivity index (χ4v) is 5.99. The zero-order valence-electron chi connectivity index (χ0n) is 31.2. The van der Waals surface area contributed by atoms with Gasteiger partial charge in [0.2, 0.25) is 0 Å². The molecule has 0 heterocycles. The Bertz CT molecular complexity index is 524. The Morgan fingerprint density at radius 2 is 0.800 bits per heavy atom. The number of hydrogen-bond donors (Lipinski definition) is 0. The normalized spacial score (nSPS) is 16.1. The van der Waals surface area contributed by atoms with Crippen LogP contribution in [-0.2, 0) is 0 Å². The molecule has 2 rings (SSSR count). The first kappa shape index (κ1) is 42.0. The van der Waals surface area contributed by atoms with Gasteiger partial charge in [0.05, 0.1) is 0 Å². The molecule has 2 fully saturated rings. The standard InChI is InChI=1S/C10H21N.C10H23N.C9H19N.C7H17N/c1-8(2)11(9(3)4)10-6-5-7-10;1-6-7-8-11(9(2)3)10(4)5;1-7(2)10(8(3)4)9-5-6-9;1-6(2)8(5)7(3)4/h8-10H,5-7H2,1-4H3;9-10H,6-8H2,1-5H3;7-9H,5-6H2,1-4H3;6-7H,1-5H3. The molecule has 0 aromatic heterocycles. The molecular weight excluding hydrogens is 488 g/mol. The predicted molar refractivity (Wildman–Crippen MR) is 185 cm³/mol. The molecule has 0 bridgehead atoms. The number of hydrogen-bond acceptors (Lipinski definition) is 4. The van der Waals surface area contributed by atoms with Crippen molar-refractivity contribution >= 4 is 0 Å². The van der Waals surface area contributed by atoms with E-state index in [-0.39, 0.29) is 0 Å². The zero-order valence-corrected chi connectivity index (χ0v) is 31.2. The third-order valence-electron chi connectivity index (χ3n) is 8.58. The van der Waals surface area contributed by atoms with Crippen LogP contribution < -0.4 is 0 Å². The maximum atomic E-state index is 2.64. The molecule has 0 atom stereocenters. The van der Waals surface area contributed by atoms with Crippen LogP contribution in [0, 0.1) is 0 Å². The number of nitrogens with zero attached hydrogens (tertiary/aromatic N) is 4. The van der Waals surface area contributed by atoms with Crippen LogP contribution in [-0.4, -0.2) is 93.6 Å². The van der Waals surface area contributed by atoms with Gasteiger partial charge >= 0.3 is 0 Å². The molecular formula is C36H80N4. The van der Waals surface area contributed by atoms with Crippen molar-refractivity contribution in [3.05, 3.63) is 0 Å². The quantitative estimate of drug-likeness (QED) is 0.219. The van der Waals surface area contributed by atoms with Crippen molar-refractivity contribution in [1.82, 2.24) is 19.6 Å². The SMILES string of the molecule is CC(C)N(C(C)C)C1CC1.CC(C)N(C(C)C)C1CCC1.CC(C)N(C)C(C)C.CCCCN(C(C)C)C(C)C. The Morgan fingerprint density at radius 3 is 0.900 bits per heavy atom. The Balaban J connectivity index is 0. The lowest BCUT2D eigenvalue weighted by Crippen LogP contribution is -2.48. The molecule has 0 aromatic rings. The van der Waals surface area contributed by atoms with Crippen molar-refractivity contribution in [2.24, 2.45) is 0 Å². The summed E-state index contributed by atoms with van der Waals surface area (Å²) in [5.74, 6) is 0. The Labute approximate surface area is 256 Å². The van der Waals surface area contributed by atoms with Crippen LogP contribution >= 0.6 is 0 Å². The molecule has 244 valence electrons. The van der Waals surface area contributed by atoms with Crippen LogP contribution in [0.25, 0.3) is 0 Å². The smallest absolute Gasteiger partial charge is 0.0102 e. The average Bonchev–Trinajstić information content (AvgIpc) is 3.60. The Morgan fingerprint density at radius 1 is 0.475 bits per heavy atom. The first-order valence-electron chi connectivity index (χ1n) is 17.4. The fourth-order valence-electron chi connectivity index (χ4n) is 5.99. The van der Waals surface area contributed by atoms with Gasteiger partial charge in [0.25, 0.3) is 0 Å². The lowest BCUT2D eigenvalue weighted by Gasteiger charge is -2.43. The molecule has 0 spiro atoms. The van der Waals surface area contributed by atoms with Crippen LogP contribution in [0.1, 0.15) is 163 Å². The molecule has 0 amide bonds. The van der Waals surface area contributed by atoms with Gasteiger partial charge in [-0.2, -0.15) is 0 Å². The second-order valence-corrected chi connectivity index (χ2v) is 14.7. The topological polar surface area (TPSA) is 13.0 Å². The lowest BCUT2D eigenvalue weighted by atomic mass is 9.89. The second-order valence-electron chi connectivity index (χ2n) is 14.7. The molecule has 2 aliphatic rings. The minimum Gasteiger partial charge on any atom is -0.302 e. The molecule has 2 aliphatic carbocycles. The largest absolute Gasteiger partial charge is 0.302 e. The number of rotatable bonds is 13. The van der Waals surface area contributed by atoms with Crippen molar-refractivity contribution in [3.63, 3.8) is 0 Å². The van der Waals surface area contributed by atoms with E-state index in [1.54, 1.807) is 0 Å². The molecule has 0 unspecified atom stereocenters. The van der Waals surface area contributed by atoms with Crippen LogP contribution in [0.15, 0.2) is 0 Å². The van der Waals surface area contributed by atoms with Gasteiger partial charge < -0.3 is 4.90 Å². The van der Waals surface area contributed by atoms with E-state index in [0.717, 1.165) is 36.3 Å². The van der Waals surface area contributed by atoms with Gasteiger partial charge in [-0.25, -0.2) is 0 Å². The monoisotopic (exact) mass is 569 g/mol. The van der Waals surface area contributed by atoms with Crippen LogP contribution in [0.2, 0.25) is 0 Å². The molecule has 4 nitrogen and oxygen atoms in total. The highest BCUT2D eigenvalue weighted by atomic mass is 15.2. The molecule has 4 heteroatoms. The average molecular weight is 569 g/mol. The maximum Gasteiger partial charge on any atom is 0.0102 e. The van der Waals surface area contributed by atoms with E-state index in [9.17, 15) is 0 Å². The molecule has 2 saturated carbocycles. The highest BCUT2D eigenvalue weighted by Crippen LogP contribution is 2.30. The predicted octanol–water partition coefficient (Wildman–Crippen LogP) is 9.57. The van der Waals surface area contributed by atoms with Crippen molar-refractivity contribution in [2.75, 3.05) is 13.6 Å². The van der Waals surface area contributed by atoms with Gasteiger partial charge in [0, 0.05) is 60.4 Å². The molecule has 0 aliphatic heterocycles. The summed E-state index contributed by atoms with van der Waals surface area (Å²) < 4.78 is 0. The van der Waals surface area contributed by atoms with E-state index in [0.29, 0.717) is 24.2 Å². The van der Waals surface area contributed by atoms with Crippen molar-refractivity contribution in [2.45, 2.75) is 223 Å². The van der Waals surface area contributed by atoms with Crippen LogP contribution in [0.4, 0.5) is 0 Å². The van der Waals surface area contributed by atoms with Gasteiger partial charge in [-0.15, -0.1) is 0 Å². The van der Waals surface area contributed by atoms with E-state index in [1.807, 2.05) is 0 Å². The van der Waals surface area contributed by atoms with Gasteiger partial charge in [-0.3, -0.25) is 14.7 Å². The first-order valence-corrected chi connectivity index (χ1v) is 17.4. The summed E-state index contributed by atoms with van der Waals surface area (Å²) in [6.45, 7) is 39.8. The zero-order chi connectivity index (χ0) is 31.7. The Hall–Kier alpha value is -0.160. The van der Waals surface area contributed by atoms with Crippen molar-refractivity contribution < 1.29 is 0 Å². The molecule has 0 aromatic carbocycles. The van der Waals surface area contributed by atoms with Crippen molar-refractivity contribution in [1.29, 1.82) is 0 Å². The summed E-state index contributed by atoms with van der Waals surface area (Å²) >= 11 is 0. The molecule has 0 saturated heterocycles. The van der Waals surface area contributed by atoms with E-state index in [4.69, 9.17) is 0 Å². The fraction of sp³-hybridized carbons (Fsp3) is 1.00. The minimum atomic E-state index is 0.676. The highest BCUT2D eigenvalue weighted by Gasteiger charge is 2.32. The molecule has 40 heavy (non-hydrogen) atoms. The van der Waals surface area contributed by atoms with Gasteiger partial charge in [-0.05, 0) is 156 Å². The first-order chi connectivity index (χ1) is 18.4. The molecule has 0 N–H and O–H groups in total. The van der Waals surface area contributed by atoms with E-state index >= 15 is 0 Å². The van der Waals surface area contributed by atoms with E-state index in [1.165, 1.54) is 51.5 Å². The Kier molecular flexibility index (Phi) is 23.5. The third-order valence-corrected chi connectivity index (χ3v) is 8.58. The van der Waals surface area contributed by atoms with Crippen molar-refractivity contribution in [3.8, 4) is 0 Å².